The van der Waals surface area contributed by atoms with E-state index in [1.807, 2.05) is 0 Å². The fourth-order valence-electron chi connectivity index (χ4n) is 4.53. The number of aromatic nitrogens is 3. The van der Waals surface area contributed by atoms with Gasteiger partial charge in [0.1, 0.15) is 18.1 Å². The summed E-state index contributed by atoms with van der Waals surface area (Å²) in [6, 6.07) is 8.77. The number of fused-ring (bicyclic) bond motifs is 1. The summed E-state index contributed by atoms with van der Waals surface area (Å²) in [5.74, 6) is 3.76. The minimum atomic E-state index is 0. The number of benzene rings is 1. The van der Waals surface area contributed by atoms with Crippen molar-refractivity contribution in [1.82, 2.24) is 30.3 Å². The van der Waals surface area contributed by atoms with E-state index in [0.29, 0.717) is 12.6 Å². The van der Waals surface area contributed by atoms with Crippen LogP contribution in [0.3, 0.4) is 0 Å². The van der Waals surface area contributed by atoms with E-state index < -0.39 is 0 Å². The quantitative estimate of drug-likeness (QED) is 0.297. The van der Waals surface area contributed by atoms with Crippen LogP contribution < -0.4 is 15.4 Å². The van der Waals surface area contributed by atoms with Crippen molar-refractivity contribution in [2.75, 3.05) is 33.3 Å². The van der Waals surface area contributed by atoms with Gasteiger partial charge in [-0.15, -0.1) is 34.2 Å². The van der Waals surface area contributed by atoms with Crippen LogP contribution in [0.4, 0.5) is 0 Å². The van der Waals surface area contributed by atoms with Crippen LogP contribution in [0, 0.1) is 0 Å². The summed E-state index contributed by atoms with van der Waals surface area (Å²) in [5, 5.41) is 15.6. The van der Waals surface area contributed by atoms with E-state index in [0.717, 1.165) is 68.9 Å². The number of likely N-dealkylation sites (tertiary alicyclic amines) is 1. The van der Waals surface area contributed by atoms with Crippen molar-refractivity contribution in [2.24, 2.45) is 4.99 Å². The number of hydrogen-bond acceptors (Lipinski definition) is 5. The SMILES string of the molecule is CCNC(=NCc1nnc2n1CCC2)NCC(c1ccc(OC)cc1)N1CCCCC1.I. The van der Waals surface area contributed by atoms with Gasteiger partial charge in [0, 0.05) is 26.1 Å². The molecule has 1 aromatic heterocycles. The van der Waals surface area contributed by atoms with Crippen LogP contribution in [0.1, 0.15) is 55.9 Å². The zero-order chi connectivity index (χ0) is 21.5. The van der Waals surface area contributed by atoms with Crippen molar-refractivity contribution in [3.63, 3.8) is 0 Å². The van der Waals surface area contributed by atoms with Gasteiger partial charge < -0.3 is 19.9 Å². The molecule has 4 rings (SSSR count). The molecule has 0 bridgehead atoms. The molecule has 2 N–H and O–H groups in total. The summed E-state index contributed by atoms with van der Waals surface area (Å²) in [4.78, 5) is 7.39. The number of ether oxygens (including phenoxy) is 1. The number of hydrogen-bond donors (Lipinski definition) is 2. The Morgan fingerprint density at radius 1 is 1.06 bits per heavy atom. The van der Waals surface area contributed by atoms with E-state index in [4.69, 9.17) is 9.73 Å². The predicted molar refractivity (Wildman–Crippen MR) is 138 cm³/mol. The Morgan fingerprint density at radius 3 is 2.56 bits per heavy atom. The lowest BCUT2D eigenvalue weighted by molar-refractivity contribution is 0.164. The normalized spacial score (nSPS) is 17.4. The monoisotopic (exact) mass is 553 g/mol. The van der Waals surface area contributed by atoms with Crippen LogP contribution in [-0.4, -0.2) is 58.9 Å². The fourth-order valence-corrected chi connectivity index (χ4v) is 4.53. The first-order valence-electron chi connectivity index (χ1n) is 11.6. The molecule has 0 radical (unpaired) electrons. The van der Waals surface area contributed by atoms with E-state index in [1.54, 1.807) is 7.11 Å². The minimum absolute atomic E-state index is 0. The molecule has 1 unspecified atom stereocenters. The predicted octanol–water partition coefficient (Wildman–Crippen LogP) is 3.13. The molecule has 1 fully saturated rings. The maximum absolute atomic E-state index is 5.35. The first kappa shape index (κ1) is 24.8. The van der Waals surface area contributed by atoms with Crippen molar-refractivity contribution in [1.29, 1.82) is 0 Å². The number of aliphatic imine (C=N–C) groups is 1. The summed E-state index contributed by atoms with van der Waals surface area (Å²) in [5.41, 5.74) is 1.31. The fraction of sp³-hybridized carbons (Fsp3) is 0.609. The van der Waals surface area contributed by atoms with E-state index in [-0.39, 0.29) is 24.0 Å². The highest BCUT2D eigenvalue weighted by Gasteiger charge is 2.23. The van der Waals surface area contributed by atoms with Crippen LogP contribution in [-0.2, 0) is 19.5 Å². The molecule has 0 aliphatic carbocycles. The molecule has 2 aliphatic rings. The molecule has 1 saturated heterocycles. The average molecular weight is 553 g/mol. The number of nitrogens with one attached hydrogen (secondary N) is 2. The molecule has 1 atom stereocenters. The second-order valence-corrected chi connectivity index (χ2v) is 8.25. The van der Waals surface area contributed by atoms with E-state index >= 15 is 0 Å². The molecule has 2 aliphatic heterocycles. The third-order valence-electron chi connectivity index (χ3n) is 6.20. The van der Waals surface area contributed by atoms with E-state index in [9.17, 15) is 0 Å². The summed E-state index contributed by atoms with van der Waals surface area (Å²) in [6.45, 7) is 7.54. The molecule has 176 valence electrons. The van der Waals surface area contributed by atoms with Gasteiger partial charge in [0.25, 0.3) is 0 Å². The van der Waals surface area contributed by atoms with Crippen molar-refractivity contribution in [2.45, 2.75) is 58.2 Å². The summed E-state index contributed by atoms with van der Waals surface area (Å²) in [6.07, 6.45) is 6.03. The molecule has 0 spiro atoms. The summed E-state index contributed by atoms with van der Waals surface area (Å²) >= 11 is 0. The third kappa shape index (κ3) is 6.12. The zero-order valence-electron chi connectivity index (χ0n) is 19.2. The molecule has 8 nitrogen and oxygen atoms in total. The minimum Gasteiger partial charge on any atom is -0.497 e. The Labute approximate surface area is 208 Å². The highest BCUT2D eigenvalue weighted by molar-refractivity contribution is 14.0. The largest absolute Gasteiger partial charge is 0.497 e. The van der Waals surface area contributed by atoms with Gasteiger partial charge in [0.15, 0.2) is 11.8 Å². The number of methoxy groups -OCH3 is 1. The van der Waals surface area contributed by atoms with Crippen LogP contribution >= 0.6 is 24.0 Å². The van der Waals surface area contributed by atoms with Gasteiger partial charge in [0.2, 0.25) is 0 Å². The summed E-state index contributed by atoms with van der Waals surface area (Å²) < 4.78 is 7.56. The highest BCUT2D eigenvalue weighted by Crippen LogP contribution is 2.26. The number of nitrogens with zero attached hydrogens (tertiary/aromatic N) is 5. The molecule has 0 saturated carbocycles. The maximum Gasteiger partial charge on any atom is 0.191 e. The van der Waals surface area contributed by atoms with Gasteiger partial charge in [-0.25, -0.2) is 4.99 Å². The van der Waals surface area contributed by atoms with Crippen LogP contribution in [0.5, 0.6) is 5.75 Å². The molecule has 0 amide bonds. The Bertz CT molecular complexity index is 862. The first-order valence-corrected chi connectivity index (χ1v) is 11.6. The second kappa shape index (κ2) is 12.4. The van der Waals surface area contributed by atoms with Gasteiger partial charge in [0.05, 0.1) is 13.2 Å². The van der Waals surface area contributed by atoms with Crippen LogP contribution in [0.15, 0.2) is 29.3 Å². The topological polar surface area (TPSA) is 79.6 Å². The molecule has 32 heavy (non-hydrogen) atoms. The van der Waals surface area contributed by atoms with Gasteiger partial charge in [-0.1, -0.05) is 18.6 Å². The smallest absolute Gasteiger partial charge is 0.191 e. The number of aryl methyl sites for hydroxylation is 1. The van der Waals surface area contributed by atoms with Gasteiger partial charge in [-0.2, -0.15) is 0 Å². The maximum atomic E-state index is 5.35. The number of rotatable bonds is 8. The van der Waals surface area contributed by atoms with E-state index in [1.165, 1.54) is 24.8 Å². The average Bonchev–Trinajstić information content (AvgIpc) is 3.43. The summed E-state index contributed by atoms with van der Waals surface area (Å²) in [7, 11) is 1.71. The lowest BCUT2D eigenvalue weighted by Crippen LogP contribution is -2.44. The molecule has 3 heterocycles. The van der Waals surface area contributed by atoms with Crippen molar-refractivity contribution in [3.8, 4) is 5.75 Å². The van der Waals surface area contributed by atoms with Crippen LogP contribution in [0.2, 0.25) is 0 Å². The second-order valence-electron chi connectivity index (χ2n) is 8.25. The Hall–Kier alpha value is -1.88. The lowest BCUT2D eigenvalue weighted by Gasteiger charge is -2.35. The number of halogens is 1. The van der Waals surface area contributed by atoms with Crippen LogP contribution in [0.25, 0.3) is 0 Å². The Kier molecular flexibility index (Phi) is 9.58. The molecule has 1 aromatic carbocycles. The zero-order valence-corrected chi connectivity index (χ0v) is 21.5. The Morgan fingerprint density at radius 2 is 1.84 bits per heavy atom. The molecule has 2 aromatic rings. The third-order valence-corrected chi connectivity index (χ3v) is 6.20. The molecular formula is C23H36IN7O. The van der Waals surface area contributed by atoms with Crippen molar-refractivity contribution in [3.05, 3.63) is 41.5 Å². The number of guanidine groups is 1. The number of piperidine rings is 1. The van der Waals surface area contributed by atoms with Gasteiger partial charge in [-0.3, -0.25) is 4.90 Å². The van der Waals surface area contributed by atoms with Crippen molar-refractivity contribution < 1.29 is 4.74 Å². The molecular weight excluding hydrogens is 517 g/mol. The Balaban J connectivity index is 0.00000289. The van der Waals surface area contributed by atoms with E-state index in [2.05, 4.69) is 61.5 Å². The molecule has 9 heteroatoms. The van der Waals surface area contributed by atoms with Gasteiger partial charge >= 0.3 is 0 Å². The lowest BCUT2D eigenvalue weighted by atomic mass is 10.0. The van der Waals surface area contributed by atoms with Gasteiger partial charge in [-0.05, 0) is 57.0 Å². The van der Waals surface area contributed by atoms with Crippen molar-refractivity contribution >= 4 is 29.9 Å². The standard InChI is InChI=1S/C23H35N7O.HI/c1-3-24-23(26-17-22-28-27-21-8-7-15-30(21)22)25-16-20(29-13-5-4-6-14-29)18-9-11-19(31-2)12-10-18;/h9-12,20H,3-8,13-17H2,1-2H3,(H2,24,25,26);1H. The first-order chi connectivity index (χ1) is 15.3. The highest BCUT2D eigenvalue weighted by atomic mass is 127.